The van der Waals surface area contributed by atoms with Crippen molar-refractivity contribution in [3.63, 3.8) is 0 Å². The maximum Gasteiger partial charge on any atom is 0.431 e. The second kappa shape index (κ2) is 3.33. The van der Waals surface area contributed by atoms with Crippen LogP contribution in [0.5, 0.6) is 0 Å². The van der Waals surface area contributed by atoms with Gasteiger partial charge in [-0.1, -0.05) is 0 Å². The van der Waals surface area contributed by atoms with Gasteiger partial charge >= 0.3 is 6.18 Å². The molecule has 0 saturated heterocycles. The van der Waals surface area contributed by atoms with Crippen LogP contribution in [0.4, 0.5) is 17.6 Å². The molecule has 1 N–H and O–H groups in total. The summed E-state index contributed by atoms with van der Waals surface area (Å²) in [6, 6.07) is 3.01. The van der Waals surface area contributed by atoms with Gasteiger partial charge in [0.15, 0.2) is 6.29 Å². The highest BCUT2D eigenvalue weighted by Gasteiger charge is 2.33. The Morgan fingerprint density at radius 3 is 2.50 bits per heavy atom. The fraction of sp³-hybridized carbons (Fsp3) is 0.100. The monoisotopic (exact) mass is 231 g/mol. The molecular weight excluding hydrogens is 226 g/mol. The van der Waals surface area contributed by atoms with Crippen molar-refractivity contribution in [3.8, 4) is 0 Å². The number of aromatic nitrogens is 1. The van der Waals surface area contributed by atoms with Crippen molar-refractivity contribution in [2.24, 2.45) is 0 Å². The molecule has 0 atom stereocenters. The summed E-state index contributed by atoms with van der Waals surface area (Å²) in [5.74, 6) is -0.945. The Morgan fingerprint density at radius 1 is 1.25 bits per heavy atom. The van der Waals surface area contributed by atoms with Crippen molar-refractivity contribution in [1.82, 2.24) is 4.98 Å². The molecule has 0 amide bonds. The summed E-state index contributed by atoms with van der Waals surface area (Å²) < 4.78 is 50.4. The van der Waals surface area contributed by atoms with Gasteiger partial charge in [-0.05, 0) is 18.2 Å². The molecule has 6 heteroatoms. The van der Waals surface area contributed by atoms with E-state index in [-0.39, 0.29) is 22.8 Å². The predicted octanol–water partition coefficient (Wildman–Crippen LogP) is 3.14. The minimum Gasteiger partial charge on any atom is -0.351 e. The molecule has 0 spiro atoms. The lowest BCUT2D eigenvalue weighted by Crippen LogP contribution is -2.04. The van der Waals surface area contributed by atoms with Crippen LogP contribution in [-0.4, -0.2) is 11.3 Å². The van der Waals surface area contributed by atoms with E-state index in [0.717, 1.165) is 6.07 Å². The fourth-order valence-electron chi connectivity index (χ4n) is 1.43. The summed E-state index contributed by atoms with van der Waals surface area (Å²) in [6.07, 6.45) is -4.30. The molecule has 1 aromatic heterocycles. The molecule has 0 fully saturated rings. The zero-order chi connectivity index (χ0) is 11.9. The smallest absolute Gasteiger partial charge is 0.351 e. The van der Waals surface area contributed by atoms with Gasteiger partial charge < -0.3 is 4.98 Å². The summed E-state index contributed by atoms with van der Waals surface area (Å²) >= 11 is 0. The van der Waals surface area contributed by atoms with Gasteiger partial charge in [-0.2, -0.15) is 13.2 Å². The van der Waals surface area contributed by atoms with Crippen LogP contribution in [0.15, 0.2) is 18.2 Å². The van der Waals surface area contributed by atoms with Crippen LogP contribution in [0.2, 0.25) is 0 Å². The van der Waals surface area contributed by atoms with Crippen LogP contribution in [0.3, 0.4) is 0 Å². The Hall–Kier alpha value is -1.85. The molecular formula is C10H5F4NO. The number of benzene rings is 1. The van der Waals surface area contributed by atoms with Gasteiger partial charge in [-0.15, -0.1) is 0 Å². The SMILES string of the molecule is O=Cc1ccc2[nH]c(C(F)(F)F)cc2c1F. The maximum absolute atomic E-state index is 13.5. The Kier molecular flexibility index (Phi) is 2.22. The highest BCUT2D eigenvalue weighted by molar-refractivity contribution is 5.88. The fourth-order valence-corrected chi connectivity index (χ4v) is 1.43. The third-order valence-electron chi connectivity index (χ3n) is 2.20. The molecule has 1 aromatic carbocycles. The minimum absolute atomic E-state index is 0.00965. The number of nitrogens with one attached hydrogen (secondary N) is 1. The summed E-state index contributed by atoms with van der Waals surface area (Å²) in [7, 11) is 0. The Balaban J connectivity index is 2.71. The number of aldehydes is 1. The standard InChI is InChI=1S/C10H5F4NO/c11-9-5(4-16)1-2-7-6(9)3-8(15-7)10(12,13)14/h1-4,15H. The first kappa shape index (κ1) is 10.7. The molecule has 0 aliphatic rings. The number of H-pyrrole nitrogens is 1. The lowest BCUT2D eigenvalue weighted by atomic mass is 10.1. The summed E-state index contributed by atoms with van der Waals surface area (Å²) in [6.45, 7) is 0. The number of aromatic amines is 1. The first-order valence-electron chi connectivity index (χ1n) is 4.27. The quantitative estimate of drug-likeness (QED) is 0.593. The zero-order valence-corrected chi connectivity index (χ0v) is 7.73. The Labute approximate surface area is 86.9 Å². The third-order valence-corrected chi connectivity index (χ3v) is 2.20. The van der Waals surface area contributed by atoms with Crippen LogP contribution >= 0.6 is 0 Å². The van der Waals surface area contributed by atoms with E-state index in [1.165, 1.54) is 6.07 Å². The molecule has 0 aliphatic heterocycles. The molecule has 2 rings (SSSR count). The van der Waals surface area contributed by atoms with Crippen molar-refractivity contribution < 1.29 is 22.4 Å². The van der Waals surface area contributed by atoms with Gasteiger partial charge in [0.05, 0.1) is 5.56 Å². The van der Waals surface area contributed by atoms with Crippen molar-refractivity contribution in [1.29, 1.82) is 0 Å². The first-order chi connectivity index (χ1) is 7.43. The number of rotatable bonds is 1. The highest BCUT2D eigenvalue weighted by Crippen LogP contribution is 2.32. The summed E-state index contributed by atoms with van der Waals surface area (Å²) in [4.78, 5) is 12.4. The number of hydrogen-bond acceptors (Lipinski definition) is 1. The molecule has 0 radical (unpaired) electrons. The average Bonchev–Trinajstić information content (AvgIpc) is 2.62. The van der Waals surface area contributed by atoms with Crippen molar-refractivity contribution in [2.75, 3.05) is 0 Å². The molecule has 0 unspecified atom stereocenters. The molecule has 0 aliphatic carbocycles. The topological polar surface area (TPSA) is 32.9 Å². The van der Waals surface area contributed by atoms with E-state index in [1.54, 1.807) is 0 Å². The number of hydrogen-bond donors (Lipinski definition) is 1. The van der Waals surface area contributed by atoms with Crippen LogP contribution in [0.25, 0.3) is 10.9 Å². The van der Waals surface area contributed by atoms with E-state index in [2.05, 4.69) is 0 Å². The van der Waals surface area contributed by atoms with Gasteiger partial charge in [0.2, 0.25) is 0 Å². The normalized spacial score (nSPS) is 12.0. The van der Waals surface area contributed by atoms with Crippen LogP contribution in [0, 0.1) is 5.82 Å². The lowest BCUT2D eigenvalue weighted by molar-refractivity contribution is -0.140. The minimum atomic E-state index is -4.56. The van der Waals surface area contributed by atoms with E-state index >= 15 is 0 Å². The van der Waals surface area contributed by atoms with E-state index < -0.39 is 17.7 Å². The number of carbonyl (C=O) groups excluding carboxylic acids is 1. The van der Waals surface area contributed by atoms with E-state index in [4.69, 9.17) is 0 Å². The number of carbonyl (C=O) groups is 1. The maximum atomic E-state index is 13.5. The van der Waals surface area contributed by atoms with Crippen molar-refractivity contribution in [2.45, 2.75) is 6.18 Å². The van der Waals surface area contributed by atoms with Crippen LogP contribution in [0.1, 0.15) is 16.1 Å². The van der Waals surface area contributed by atoms with Gasteiger partial charge in [0.25, 0.3) is 0 Å². The average molecular weight is 231 g/mol. The van der Waals surface area contributed by atoms with Crippen molar-refractivity contribution in [3.05, 3.63) is 35.3 Å². The molecule has 16 heavy (non-hydrogen) atoms. The lowest BCUT2D eigenvalue weighted by Gasteiger charge is -2.00. The first-order valence-corrected chi connectivity index (χ1v) is 4.27. The second-order valence-corrected chi connectivity index (χ2v) is 3.23. The van der Waals surface area contributed by atoms with Crippen LogP contribution in [-0.2, 0) is 6.18 Å². The van der Waals surface area contributed by atoms with E-state index in [0.29, 0.717) is 6.07 Å². The third kappa shape index (κ3) is 1.56. The number of alkyl halides is 3. The van der Waals surface area contributed by atoms with Gasteiger partial charge in [-0.3, -0.25) is 4.79 Å². The van der Waals surface area contributed by atoms with Gasteiger partial charge in [-0.25, -0.2) is 4.39 Å². The molecule has 84 valence electrons. The highest BCUT2D eigenvalue weighted by atomic mass is 19.4. The summed E-state index contributed by atoms with van der Waals surface area (Å²) in [5.41, 5.74) is -1.29. The van der Waals surface area contributed by atoms with E-state index in [9.17, 15) is 22.4 Å². The Morgan fingerprint density at radius 2 is 1.94 bits per heavy atom. The molecule has 2 nitrogen and oxygen atoms in total. The largest absolute Gasteiger partial charge is 0.431 e. The van der Waals surface area contributed by atoms with Gasteiger partial charge in [0, 0.05) is 10.9 Å². The number of fused-ring (bicyclic) bond motifs is 1. The molecule has 1 heterocycles. The van der Waals surface area contributed by atoms with E-state index in [1.807, 2.05) is 4.98 Å². The Bertz CT molecular complexity index is 556. The second-order valence-electron chi connectivity index (χ2n) is 3.23. The van der Waals surface area contributed by atoms with Crippen molar-refractivity contribution >= 4 is 17.2 Å². The predicted molar refractivity (Wildman–Crippen MR) is 48.6 cm³/mol. The van der Waals surface area contributed by atoms with Gasteiger partial charge in [0.1, 0.15) is 11.5 Å². The molecule has 0 bridgehead atoms. The summed E-state index contributed by atoms with van der Waals surface area (Å²) in [5, 5.41) is -0.239. The van der Waals surface area contributed by atoms with Crippen LogP contribution < -0.4 is 0 Å². The molecule has 0 saturated carbocycles. The zero-order valence-electron chi connectivity index (χ0n) is 7.73. The molecule has 2 aromatic rings. The number of halogens is 4.